The highest BCUT2D eigenvalue weighted by Gasteiger charge is 2.37. The average Bonchev–Trinajstić information content (AvgIpc) is 3.52. The Bertz CT molecular complexity index is 1320. The number of halogens is 1. The molecule has 0 aliphatic carbocycles. The van der Waals surface area contributed by atoms with Crippen LogP contribution in [0.15, 0.2) is 47.4 Å². The van der Waals surface area contributed by atoms with Crippen molar-refractivity contribution in [2.75, 3.05) is 31.1 Å². The highest BCUT2D eigenvalue weighted by Crippen LogP contribution is 2.33. The van der Waals surface area contributed by atoms with Crippen molar-refractivity contribution in [1.29, 1.82) is 0 Å². The summed E-state index contributed by atoms with van der Waals surface area (Å²) in [6, 6.07) is 11.2. The Morgan fingerprint density at radius 1 is 1.20 bits per heavy atom. The van der Waals surface area contributed by atoms with Crippen molar-refractivity contribution in [2.45, 2.75) is 43.6 Å². The molecular formula is C25H28FN3O4S2. The number of benzene rings is 2. The number of sulfonamides is 1. The third-order valence-electron chi connectivity index (χ3n) is 6.64. The second-order valence-electron chi connectivity index (χ2n) is 9.21. The van der Waals surface area contributed by atoms with Crippen LogP contribution < -0.4 is 4.90 Å². The summed E-state index contributed by atoms with van der Waals surface area (Å²) in [5.74, 6) is -1.01. The quantitative estimate of drug-likeness (QED) is 0.486. The fourth-order valence-electron chi connectivity index (χ4n) is 4.70. The van der Waals surface area contributed by atoms with E-state index in [0.29, 0.717) is 47.9 Å². The van der Waals surface area contributed by atoms with Gasteiger partial charge >= 0.3 is 0 Å². The average molecular weight is 518 g/mol. The highest BCUT2D eigenvalue weighted by molar-refractivity contribution is 7.89. The summed E-state index contributed by atoms with van der Waals surface area (Å²) in [5, 5.41) is 0.490. The fourth-order valence-corrected chi connectivity index (χ4v) is 7.23. The van der Waals surface area contributed by atoms with Crippen molar-refractivity contribution in [1.82, 2.24) is 9.29 Å². The zero-order valence-corrected chi connectivity index (χ0v) is 21.2. The number of aromatic nitrogens is 1. The molecule has 3 aromatic rings. The number of ether oxygens (including phenoxy) is 1. The number of aryl methyl sites for hydroxylation is 1. The maximum absolute atomic E-state index is 13.8. The third kappa shape index (κ3) is 5.11. The molecule has 2 aromatic carbocycles. The van der Waals surface area contributed by atoms with Crippen LogP contribution in [-0.2, 0) is 19.6 Å². The van der Waals surface area contributed by atoms with Gasteiger partial charge in [0, 0.05) is 19.7 Å². The Morgan fingerprint density at radius 2 is 2.00 bits per heavy atom. The Balaban J connectivity index is 1.41. The van der Waals surface area contributed by atoms with E-state index in [-0.39, 0.29) is 29.3 Å². The molecule has 2 aliphatic heterocycles. The molecule has 0 radical (unpaired) electrons. The van der Waals surface area contributed by atoms with Gasteiger partial charge in [-0.05, 0) is 62.9 Å². The van der Waals surface area contributed by atoms with Crippen LogP contribution in [0.1, 0.15) is 31.2 Å². The second-order valence-corrected chi connectivity index (χ2v) is 12.2. The van der Waals surface area contributed by atoms with Gasteiger partial charge in [0.2, 0.25) is 15.9 Å². The molecule has 35 heavy (non-hydrogen) atoms. The first-order valence-electron chi connectivity index (χ1n) is 11.9. The zero-order chi connectivity index (χ0) is 24.6. The number of thiazole rings is 1. The third-order valence-corrected chi connectivity index (χ3v) is 9.56. The van der Waals surface area contributed by atoms with Crippen LogP contribution in [0.4, 0.5) is 9.52 Å². The van der Waals surface area contributed by atoms with Crippen LogP contribution >= 0.6 is 11.3 Å². The lowest BCUT2D eigenvalue weighted by Gasteiger charge is -2.34. The first-order valence-corrected chi connectivity index (χ1v) is 14.1. The molecule has 2 saturated heterocycles. The molecule has 2 unspecified atom stereocenters. The lowest BCUT2D eigenvalue weighted by molar-refractivity contribution is -0.123. The Kier molecular flexibility index (Phi) is 6.89. The fraction of sp³-hybridized carbons (Fsp3) is 0.440. The van der Waals surface area contributed by atoms with Crippen LogP contribution in [0.5, 0.6) is 0 Å². The number of rotatable bonds is 6. The summed E-state index contributed by atoms with van der Waals surface area (Å²) in [5.41, 5.74) is 1.61. The summed E-state index contributed by atoms with van der Waals surface area (Å²) >= 11 is 1.27. The van der Waals surface area contributed by atoms with E-state index in [0.717, 1.165) is 18.4 Å². The summed E-state index contributed by atoms with van der Waals surface area (Å²) in [6.45, 7) is 3.42. The number of hydrogen-bond acceptors (Lipinski definition) is 6. The van der Waals surface area contributed by atoms with Crippen LogP contribution in [0, 0.1) is 18.7 Å². The van der Waals surface area contributed by atoms with E-state index in [9.17, 15) is 17.6 Å². The number of amides is 1. The predicted molar refractivity (Wildman–Crippen MR) is 134 cm³/mol. The molecule has 3 heterocycles. The number of nitrogens with zero attached hydrogens (tertiary/aromatic N) is 3. The van der Waals surface area contributed by atoms with Gasteiger partial charge in [0.05, 0.1) is 33.7 Å². The number of hydrogen-bond donors (Lipinski definition) is 0. The van der Waals surface area contributed by atoms with Gasteiger partial charge in [-0.2, -0.15) is 4.31 Å². The molecule has 5 rings (SSSR count). The molecule has 7 nitrogen and oxygen atoms in total. The Hall–Kier alpha value is -2.40. The molecule has 1 amide bonds. The van der Waals surface area contributed by atoms with Crippen LogP contribution in [0.3, 0.4) is 0 Å². The van der Waals surface area contributed by atoms with Crippen molar-refractivity contribution in [2.24, 2.45) is 5.92 Å². The maximum atomic E-state index is 13.8. The zero-order valence-electron chi connectivity index (χ0n) is 19.5. The predicted octanol–water partition coefficient (Wildman–Crippen LogP) is 4.36. The summed E-state index contributed by atoms with van der Waals surface area (Å²) in [7, 11) is -3.70. The lowest BCUT2D eigenvalue weighted by Crippen LogP contribution is -2.48. The standard InChI is InChI=1S/C25H28FN3O4S2/c1-17-6-9-21(10-7-17)35(31,32)28-12-2-4-18(15-28)24(30)29(16-20-5-3-13-33-20)25-27-22-11-8-19(26)14-23(22)34-25/h6-11,14,18,20H,2-5,12-13,15-16H2,1H3. The number of fused-ring (bicyclic) bond motifs is 1. The van der Waals surface area contributed by atoms with E-state index in [4.69, 9.17) is 4.74 Å². The molecular weight excluding hydrogens is 489 g/mol. The molecule has 0 spiro atoms. The number of carbonyl (C=O) groups is 1. The van der Waals surface area contributed by atoms with Gasteiger partial charge in [0.1, 0.15) is 5.82 Å². The number of piperidine rings is 1. The van der Waals surface area contributed by atoms with E-state index in [1.54, 1.807) is 35.2 Å². The van der Waals surface area contributed by atoms with Crippen molar-refractivity contribution in [3.05, 3.63) is 53.8 Å². The minimum absolute atomic E-state index is 0.0984. The van der Waals surface area contributed by atoms with Gasteiger partial charge in [0.25, 0.3) is 0 Å². The summed E-state index contributed by atoms with van der Waals surface area (Å²) < 4.78 is 48.2. The molecule has 0 N–H and O–H groups in total. The SMILES string of the molecule is Cc1ccc(S(=O)(=O)N2CCCC(C(=O)N(CC3CCCO3)c3nc4ccc(F)cc4s3)C2)cc1. The van der Waals surface area contributed by atoms with E-state index < -0.39 is 15.9 Å². The lowest BCUT2D eigenvalue weighted by atomic mass is 9.98. The van der Waals surface area contributed by atoms with Gasteiger partial charge in [0.15, 0.2) is 5.13 Å². The van der Waals surface area contributed by atoms with Crippen LogP contribution in [0.25, 0.3) is 10.2 Å². The van der Waals surface area contributed by atoms with E-state index in [1.807, 2.05) is 6.92 Å². The van der Waals surface area contributed by atoms with Crippen molar-refractivity contribution >= 4 is 42.6 Å². The van der Waals surface area contributed by atoms with Gasteiger partial charge in [-0.1, -0.05) is 29.0 Å². The molecule has 2 atom stereocenters. The van der Waals surface area contributed by atoms with Crippen molar-refractivity contribution in [3.63, 3.8) is 0 Å². The van der Waals surface area contributed by atoms with Gasteiger partial charge in [-0.3, -0.25) is 9.69 Å². The van der Waals surface area contributed by atoms with Crippen LogP contribution in [0.2, 0.25) is 0 Å². The van der Waals surface area contributed by atoms with Crippen molar-refractivity contribution in [3.8, 4) is 0 Å². The van der Waals surface area contributed by atoms with E-state index in [1.165, 1.54) is 27.8 Å². The molecule has 186 valence electrons. The molecule has 0 saturated carbocycles. The van der Waals surface area contributed by atoms with Gasteiger partial charge in [-0.25, -0.2) is 17.8 Å². The smallest absolute Gasteiger partial charge is 0.243 e. The Labute approximate surface area is 208 Å². The number of anilines is 1. The highest BCUT2D eigenvalue weighted by atomic mass is 32.2. The monoisotopic (exact) mass is 517 g/mol. The number of carbonyl (C=O) groups excluding carboxylic acids is 1. The van der Waals surface area contributed by atoms with Crippen molar-refractivity contribution < 1.29 is 22.3 Å². The van der Waals surface area contributed by atoms with E-state index >= 15 is 0 Å². The van der Waals surface area contributed by atoms with E-state index in [2.05, 4.69) is 4.98 Å². The summed E-state index contributed by atoms with van der Waals surface area (Å²) in [6.07, 6.45) is 2.88. The second kappa shape index (κ2) is 9.93. The summed E-state index contributed by atoms with van der Waals surface area (Å²) in [4.78, 5) is 20.3. The maximum Gasteiger partial charge on any atom is 0.243 e. The Morgan fingerprint density at radius 3 is 2.74 bits per heavy atom. The molecule has 10 heteroatoms. The molecule has 0 bridgehead atoms. The first kappa shape index (κ1) is 24.3. The molecule has 1 aromatic heterocycles. The normalized spacial score (nSPS) is 21.4. The van der Waals surface area contributed by atoms with Gasteiger partial charge < -0.3 is 4.74 Å². The topological polar surface area (TPSA) is 79.8 Å². The largest absolute Gasteiger partial charge is 0.376 e. The van der Waals surface area contributed by atoms with Crippen LogP contribution in [-0.4, -0.2) is 56.0 Å². The molecule has 2 aliphatic rings. The minimum atomic E-state index is -3.70. The molecule has 2 fully saturated rings. The minimum Gasteiger partial charge on any atom is -0.376 e. The first-order chi connectivity index (χ1) is 16.8. The van der Waals surface area contributed by atoms with Gasteiger partial charge in [-0.15, -0.1) is 0 Å².